The third-order valence-corrected chi connectivity index (χ3v) is 5.15. The zero-order valence-electron chi connectivity index (χ0n) is 14.9. The van der Waals surface area contributed by atoms with Crippen LogP contribution in [-0.4, -0.2) is 21.2 Å². The van der Waals surface area contributed by atoms with Crippen molar-refractivity contribution in [3.63, 3.8) is 0 Å². The second-order valence-electron chi connectivity index (χ2n) is 6.89. The predicted molar refractivity (Wildman–Crippen MR) is 102 cm³/mol. The van der Waals surface area contributed by atoms with Crippen LogP contribution >= 0.6 is 0 Å². The van der Waals surface area contributed by atoms with Gasteiger partial charge >= 0.3 is 0 Å². The van der Waals surface area contributed by atoms with Crippen LogP contribution in [-0.2, 0) is 19.5 Å². The normalized spacial score (nSPS) is 14.5. The van der Waals surface area contributed by atoms with Crippen LogP contribution in [0.5, 0.6) is 0 Å². The van der Waals surface area contributed by atoms with Gasteiger partial charge in [0.15, 0.2) is 0 Å². The maximum Gasteiger partial charge on any atom is 0.0648 e. The summed E-state index contributed by atoms with van der Waals surface area (Å²) in [6.45, 7) is 7.26. The molecule has 0 saturated heterocycles. The maximum atomic E-state index is 5.91. The molecule has 2 N–H and O–H groups in total. The average molecular weight is 332 g/mol. The maximum absolute atomic E-state index is 5.91. The molecule has 4 rings (SSSR count). The summed E-state index contributed by atoms with van der Waals surface area (Å²) in [6.07, 6.45) is 1.06. The minimum absolute atomic E-state index is 0.864. The van der Waals surface area contributed by atoms with Gasteiger partial charge in [-0.25, -0.2) is 4.68 Å². The molecule has 0 saturated carbocycles. The summed E-state index contributed by atoms with van der Waals surface area (Å²) in [4.78, 5) is 2.50. The number of hydrogen-bond donors (Lipinski definition) is 1. The Morgan fingerprint density at radius 1 is 1.04 bits per heavy atom. The van der Waals surface area contributed by atoms with Gasteiger partial charge in [-0.3, -0.25) is 4.90 Å². The molecule has 0 radical (unpaired) electrons. The largest absolute Gasteiger partial charge is 0.399 e. The molecular weight excluding hydrogens is 308 g/mol. The van der Waals surface area contributed by atoms with Crippen molar-refractivity contribution in [3.05, 3.63) is 76.6 Å². The lowest BCUT2D eigenvalue weighted by atomic mass is 9.98. The van der Waals surface area contributed by atoms with Crippen LogP contribution in [0, 0.1) is 13.8 Å². The molecule has 0 unspecified atom stereocenters. The minimum Gasteiger partial charge on any atom is -0.399 e. The fourth-order valence-corrected chi connectivity index (χ4v) is 3.71. The molecule has 0 fully saturated rings. The van der Waals surface area contributed by atoms with E-state index in [-0.39, 0.29) is 0 Å². The van der Waals surface area contributed by atoms with E-state index < -0.39 is 0 Å². The van der Waals surface area contributed by atoms with E-state index in [1.165, 1.54) is 22.4 Å². The number of aromatic nitrogens is 2. The van der Waals surface area contributed by atoms with E-state index in [1.54, 1.807) is 0 Å². The van der Waals surface area contributed by atoms with Gasteiger partial charge in [-0.2, -0.15) is 5.10 Å². The van der Waals surface area contributed by atoms with Crippen LogP contribution in [0.15, 0.2) is 48.5 Å². The Kier molecular flexibility index (Phi) is 4.06. The van der Waals surface area contributed by atoms with E-state index in [0.717, 1.165) is 43.1 Å². The highest BCUT2D eigenvalue weighted by atomic mass is 15.3. The Morgan fingerprint density at radius 3 is 2.64 bits per heavy atom. The lowest BCUT2D eigenvalue weighted by Crippen LogP contribution is -2.30. The molecular formula is C21H24N4. The number of nitrogens with two attached hydrogens (primary N) is 1. The number of nitrogen functional groups attached to an aromatic ring is 1. The van der Waals surface area contributed by atoms with Gasteiger partial charge in [0, 0.05) is 36.6 Å². The summed E-state index contributed by atoms with van der Waals surface area (Å²) < 4.78 is 2.06. The summed E-state index contributed by atoms with van der Waals surface area (Å²) in [5, 5.41) is 4.78. The fourth-order valence-electron chi connectivity index (χ4n) is 3.71. The Morgan fingerprint density at radius 2 is 1.84 bits per heavy atom. The molecule has 0 amide bonds. The topological polar surface area (TPSA) is 47.1 Å². The zero-order valence-corrected chi connectivity index (χ0v) is 14.9. The van der Waals surface area contributed by atoms with Crippen molar-refractivity contribution in [2.75, 3.05) is 12.3 Å². The van der Waals surface area contributed by atoms with E-state index in [0.29, 0.717) is 0 Å². The van der Waals surface area contributed by atoms with Crippen molar-refractivity contribution in [1.29, 1.82) is 0 Å². The van der Waals surface area contributed by atoms with Crippen molar-refractivity contribution in [2.45, 2.75) is 33.4 Å². The molecule has 1 aromatic heterocycles. The molecule has 1 aliphatic rings. The van der Waals surface area contributed by atoms with Crippen LogP contribution in [0.4, 0.5) is 5.69 Å². The summed E-state index contributed by atoms with van der Waals surface area (Å²) in [7, 11) is 0. The molecule has 1 aliphatic heterocycles. The van der Waals surface area contributed by atoms with Crippen molar-refractivity contribution in [3.8, 4) is 5.69 Å². The quantitative estimate of drug-likeness (QED) is 0.745. The van der Waals surface area contributed by atoms with Gasteiger partial charge in [-0.15, -0.1) is 0 Å². The molecule has 3 aromatic rings. The van der Waals surface area contributed by atoms with Gasteiger partial charge in [0.2, 0.25) is 0 Å². The molecule has 25 heavy (non-hydrogen) atoms. The van der Waals surface area contributed by atoms with Gasteiger partial charge in [-0.1, -0.05) is 24.3 Å². The molecule has 2 heterocycles. The molecule has 4 nitrogen and oxygen atoms in total. The summed E-state index contributed by atoms with van der Waals surface area (Å²) in [5.41, 5.74) is 14.4. The van der Waals surface area contributed by atoms with Crippen molar-refractivity contribution >= 4 is 5.69 Å². The molecule has 4 heteroatoms. The van der Waals surface area contributed by atoms with Gasteiger partial charge in [0.05, 0.1) is 11.4 Å². The zero-order chi connectivity index (χ0) is 17.4. The Bertz CT molecular complexity index is 896. The Balaban J connectivity index is 1.58. The van der Waals surface area contributed by atoms with Crippen LogP contribution in [0.3, 0.4) is 0 Å². The van der Waals surface area contributed by atoms with E-state index in [4.69, 9.17) is 10.8 Å². The first-order chi connectivity index (χ1) is 12.1. The SMILES string of the molecule is Cc1nn(-c2ccccc2)c(C)c1CN1CCc2cc(N)ccc2C1. The number of para-hydroxylation sites is 1. The van der Waals surface area contributed by atoms with E-state index >= 15 is 0 Å². The molecule has 128 valence electrons. The molecule has 2 aromatic carbocycles. The highest BCUT2D eigenvalue weighted by Gasteiger charge is 2.20. The first-order valence-corrected chi connectivity index (χ1v) is 8.82. The van der Waals surface area contributed by atoms with Crippen LogP contribution in [0.25, 0.3) is 5.69 Å². The van der Waals surface area contributed by atoms with E-state index in [1.807, 2.05) is 12.1 Å². The van der Waals surface area contributed by atoms with Gasteiger partial charge in [-0.05, 0) is 55.7 Å². The smallest absolute Gasteiger partial charge is 0.0648 e. The molecule has 0 bridgehead atoms. The number of nitrogens with zero attached hydrogens (tertiary/aromatic N) is 3. The Labute approximate surface area is 148 Å². The first kappa shape index (κ1) is 15.9. The fraction of sp³-hybridized carbons (Fsp3) is 0.286. The standard InChI is InChI=1S/C21H24N4/c1-15-21(16(2)25(23-15)20-6-4-3-5-7-20)14-24-11-10-17-12-19(22)9-8-18(17)13-24/h3-9,12H,10-11,13-14,22H2,1-2H3. The second kappa shape index (κ2) is 6.37. The van der Waals surface area contributed by atoms with Crippen molar-refractivity contribution < 1.29 is 0 Å². The first-order valence-electron chi connectivity index (χ1n) is 8.82. The van der Waals surface area contributed by atoms with Crippen LogP contribution < -0.4 is 5.73 Å². The summed E-state index contributed by atoms with van der Waals surface area (Å²) in [5.74, 6) is 0. The van der Waals surface area contributed by atoms with Gasteiger partial charge in [0.1, 0.15) is 0 Å². The lowest BCUT2D eigenvalue weighted by molar-refractivity contribution is 0.244. The average Bonchev–Trinajstić information content (AvgIpc) is 2.91. The number of aryl methyl sites for hydroxylation is 1. The van der Waals surface area contributed by atoms with Crippen LogP contribution in [0.2, 0.25) is 0 Å². The van der Waals surface area contributed by atoms with Crippen LogP contribution in [0.1, 0.15) is 28.1 Å². The summed E-state index contributed by atoms with van der Waals surface area (Å²) in [6, 6.07) is 16.6. The monoisotopic (exact) mass is 332 g/mol. The molecule has 0 atom stereocenters. The number of rotatable bonds is 3. The number of fused-ring (bicyclic) bond motifs is 1. The van der Waals surface area contributed by atoms with Gasteiger partial charge in [0.25, 0.3) is 0 Å². The highest BCUT2D eigenvalue weighted by molar-refractivity contribution is 5.45. The number of hydrogen-bond acceptors (Lipinski definition) is 3. The Hall–Kier alpha value is -2.59. The van der Waals surface area contributed by atoms with Gasteiger partial charge < -0.3 is 5.73 Å². The third kappa shape index (κ3) is 3.05. The molecule has 0 aliphatic carbocycles. The number of anilines is 1. The minimum atomic E-state index is 0.864. The van der Waals surface area contributed by atoms with Crippen molar-refractivity contribution in [1.82, 2.24) is 14.7 Å². The molecule has 0 spiro atoms. The van der Waals surface area contributed by atoms with E-state index in [2.05, 4.69) is 59.8 Å². The number of benzene rings is 2. The highest BCUT2D eigenvalue weighted by Crippen LogP contribution is 2.25. The summed E-state index contributed by atoms with van der Waals surface area (Å²) >= 11 is 0. The second-order valence-corrected chi connectivity index (χ2v) is 6.89. The third-order valence-electron chi connectivity index (χ3n) is 5.15. The van der Waals surface area contributed by atoms with E-state index in [9.17, 15) is 0 Å². The predicted octanol–water partition coefficient (Wildman–Crippen LogP) is 3.63. The van der Waals surface area contributed by atoms with Crippen molar-refractivity contribution in [2.24, 2.45) is 0 Å². The lowest BCUT2D eigenvalue weighted by Gasteiger charge is -2.29.